The molecular formula is C23H28FNO. The summed E-state index contributed by atoms with van der Waals surface area (Å²) in [5.41, 5.74) is 2.54. The molecule has 2 nitrogen and oxygen atoms in total. The number of ketones is 1. The van der Waals surface area contributed by atoms with Crippen molar-refractivity contribution in [3.63, 3.8) is 0 Å². The van der Waals surface area contributed by atoms with Gasteiger partial charge in [0.1, 0.15) is 5.82 Å². The maximum atomic E-state index is 13.9. The second kappa shape index (κ2) is 5.43. The van der Waals surface area contributed by atoms with Crippen molar-refractivity contribution in [2.75, 3.05) is 0 Å². The Bertz CT molecular complexity index is 771. The van der Waals surface area contributed by atoms with Crippen LogP contribution in [-0.4, -0.2) is 11.3 Å². The van der Waals surface area contributed by atoms with Crippen molar-refractivity contribution in [2.45, 2.75) is 64.3 Å². The number of hydrogen-bond donors (Lipinski definition) is 1. The van der Waals surface area contributed by atoms with Gasteiger partial charge in [-0.3, -0.25) is 4.79 Å². The predicted molar refractivity (Wildman–Crippen MR) is 101 cm³/mol. The number of carbonyl (C=O) groups excluding carboxylic acids is 1. The first-order chi connectivity index (χ1) is 12.3. The highest BCUT2D eigenvalue weighted by atomic mass is 19.1. The van der Waals surface area contributed by atoms with Crippen molar-refractivity contribution in [2.24, 2.45) is 23.2 Å². The number of fused-ring (bicyclic) bond motifs is 1. The highest BCUT2D eigenvalue weighted by Gasteiger charge is 2.54. The molecule has 1 heterocycles. The van der Waals surface area contributed by atoms with Gasteiger partial charge in [-0.25, -0.2) is 4.39 Å². The summed E-state index contributed by atoms with van der Waals surface area (Å²) in [6.07, 6.45) is 9.88. The molecule has 0 atom stereocenters. The van der Waals surface area contributed by atoms with Crippen LogP contribution in [0, 0.1) is 29.0 Å². The molecule has 6 rings (SSSR count). The van der Waals surface area contributed by atoms with Crippen LogP contribution in [0.3, 0.4) is 0 Å². The average molecular weight is 353 g/mol. The van der Waals surface area contributed by atoms with E-state index in [-0.39, 0.29) is 22.6 Å². The molecule has 0 unspecified atom stereocenters. The van der Waals surface area contributed by atoms with Crippen LogP contribution in [0.2, 0.25) is 0 Å². The van der Waals surface area contributed by atoms with E-state index in [4.69, 9.17) is 0 Å². The van der Waals surface area contributed by atoms with Gasteiger partial charge >= 0.3 is 0 Å². The van der Waals surface area contributed by atoms with Crippen LogP contribution in [0.1, 0.15) is 63.5 Å². The van der Waals surface area contributed by atoms with Gasteiger partial charge in [-0.05, 0) is 94.2 Å². The van der Waals surface area contributed by atoms with E-state index in [1.165, 1.54) is 25.3 Å². The smallest absolute Gasteiger partial charge is 0.163 e. The lowest BCUT2D eigenvalue weighted by atomic mass is 9.48. The van der Waals surface area contributed by atoms with Crippen LogP contribution in [0.5, 0.6) is 0 Å². The quantitative estimate of drug-likeness (QED) is 0.768. The molecule has 4 fully saturated rings. The summed E-state index contributed by atoms with van der Waals surface area (Å²) in [6, 6.07) is 4.98. The lowest BCUT2D eigenvalue weighted by Gasteiger charge is -2.55. The van der Waals surface area contributed by atoms with Gasteiger partial charge in [0.25, 0.3) is 0 Å². The summed E-state index contributed by atoms with van der Waals surface area (Å²) in [6.45, 7) is 4.28. The molecule has 5 aliphatic rings. The first kappa shape index (κ1) is 16.5. The lowest BCUT2D eigenvalue weighted by molar-refractivity contribution is -0.138. The molecule has 1 aromatic carbocycles. The van der Waals surface area contributed by atoms with Gasteiger partial charge in [0.2, 0.25) is 0 Å². The molecule has 0 aromatic heterocycles. The Labute approximate surface area is 155 Å². The van der Waals surface area contributed by atoms with Crippen LogP contribution in [-0.2, 0) is 11.2 Å². The number of carbonyl (C=O) groups is 1. The van der Waals surface area contributed by atoms with Gasteiger partial charge < -0.3 is 5.32 Å². The van der Waals surface area contributed by atoms with Crippen molar-refractivity contribution < 1.29 is 9.18 Å². The molecule has 0 radical (unpaired) electrons. The standard InChI is InChI=1S/C23H28FNO/c1-22(2)13-17-3-4-18(24)8-19(17)20(25-22)9-21(26)23-10-14-5-15(11-23)7-16(6-14)12-23/h3-4,8-9,14-16,25H,5-7,10-13H2,1-2H3/b20-9-. The molecule has 0 saturated heterocycles. The third-order valence-electron chi connectivity index (χ3n) is 7.30. The van der Waals surface area contributed by atoms with Crippen LogP contribution in [0.15, 0.2) is 24.3 Å². The fourth-order valence-electron chi connectivity index (χ4n) is 6.72. The summed E-state index contributed by atoms with van der Waals surface area (Å²) in [4.78, 5) is 13.5. The summed E-state index contributed by atoms with van der Waals surface area (Å²) in [5, 5.41) is 3.51. The van der Waals surface area contributed by atoms with E-state index in [1.807, 2.05) is 12.1 Å². The molecule has 1 N–H and O–H groups in total. The van der Waals surface area contributed by atoms with E-state index in [9.17, 15) is 9.18 Å². The van der Waals surface area contributed by atoms with E-state index >= 15 is 0 Å². The molecule has 26 heavy (non-hydrogen) atoms. The van der Waals surface area contributed by atoms with E-state index in [0.29, 0.717) is 0 Å². The van der Waals surface area contributed by atoms with Gasteiger partial charge in [-0.2, -0.15) is 0 Å². The summed E-state index contributed by atoms with van der Waals surface area (Å²) in [7, 11) is 0. The average Bonchev–Trinajstić information content (AvgIpc) is 2.53. The molecule has 1 aromatic rings. The van der Waals surface area contributed by atoms with Gasteiger partial charge in [0, 0.05) is 28.3 Å². The number of hydrogen-bond acceptors (Lipinski definition) is 2. The van der Waals surface area contributed by atoms with Crippen LogP contribution < -0.4 is 5.32 Å². The van der Waals surface area contributed by atoms with Crippen LogP contribution >= 0.6 is 0 Å². The normalized spacial score (nSPS) is 38.1. The Kier molecular flexibility index (Phi) is 3.45. The van der Waals surface area contributed by atoms with Gasteiger partial charge in [0.05, 0.1) is 0 Å². The van der Waals surface area contributed by atoms with Crippen molar-refractivity contribution in [3.05, 3.63) is 41.2 Å². The first-order valence-corrected chi connectivity index (χ1v) is 10.2. The van der Waals surface area contributed by atoms with Gasteiger partial charge in [0.15, 0.2) is 5.78 Å². The predicted octanol–water partition coefficient (Wildman–Crippen LogP) is 4.88. The monoisotopic (exact) mass is 353 g/mol. The summed E-state index contributed by atoms with van der Waals surface area (Å²) >= 11 is 0. The van der Waals surface area contributed by atoms with Gasteiger partial charge in [-0.15, -0.1) is 0 Å². The first-order valence-electron chi connectivity index (χ1n) is 10.2. The third-order valence-corrected chi connectivity index (χ3v) is 7.30. The molecule has 4 bridgehead atoms. The largest absolute Gasteiger partial charge is 0.379 e. The van der Waals surface area contributed by atoms with Crippen molar-refractivity contribution >= 4 is 11.5 Å². The SMILES string of the molecule is CC1(C)Cc2ccc(F)cc2/C(=C/C(=O)C23CC4CC(CC(C4)C2)C3)N1. The minimum atomic E-state index is -0.238. The zero-order chi connectivity index (χ0) is 18.1. The minimum Gasteiger partial charge on any atom is -0.379 e. The van der Waals surface area contributed by atoms with Crippen LogP contribution in [0.4, 0.5) is 4.39 Å². The zero-order valence-electron chi connectivity index (χ0n) is 15.8. The number of nitrogens with one attached hydrogen (secondary N) is 1. The van der Waals surface area contributed by atoms with Crippen LogP contribution in [0.25, 0.3) is 5.70 Å². The maximum Gasteiger partial charge on any atom is 0.163 e. The van der Waals surface area contributed by atoms with E-state index < -0.39 is 0 Å². The van der Waals surface area contributed by atoms with E-state index in [1.54, 1.807) is 6.07 Å². The maximum absolute atomic E-state index is 13.9. The molecule has 0 spiro atoms. The summed E-state index contributed by atoms with van der Waals surface area (Å²) < 4.78 is 13.9. The number of rotatable bonds is 2. The molecule has 4 saturated carbocycles. The topological polar surface area (TPSA) is 29.1 Å². The Morgan fingerprint density at radius 2 is 1.73 bits per heavy atom. The van der Waals surface area contributed by atoms with E-state index in [0.717, 1.165) is 60.3 Å². The fourth-order valence-corrected chi connectivity index (χ4v) is 6.72. The number of halogens is 1. The zero-order valence-corrected chi connectivity index (χ0v) is 15.8. The Balaban J connectivity index is 1.52. The van der Waals surface area contributed by atoms with Crippen molar-refractivity contribution in [3.8, 4) is 0 Å². The Hall–Kier alpha value is -1.64. The second-order valence-electron chi connectivity index (χ2n) is 10.1. The third kappa shape index (κ3) is 2.62. The lowest BCUT2D eigenvalue weighted by Crippen LogP contribution is -2.50. The molecular weight excluding hydrogens is 325 g/mol. The van der Waals surface area contributed by atoms with E-state index in [2.05, 4.69) is 19.2 Å². The molecule has 4 aliphatic carbocycles. The highest BCUT2D eigenvalue weighted by Crippen LogP contribution is 2.60. The van der Waals surface area contributed by atoms with Crippen molar-refractivity contribution in [1.29, 1.82) is 0 Å². The minimum absolute atomic E-state index is 0.127. The molecule has 3 heteroatoms. The Morgan fingerprint density at radius 1 is 1.12 bits per heavy atom. The number of benzene rings is 1. The molecule has 1 aliphatic heterocycles. The Morgan fingerprint density at radius 3 is 2.35 bits per heavy atom. The molecule has 0 amide bonds. The van der Waals surface area contributed by atoms with Crippen molar-refractivity contribution in [1.82, 2.24) is 5.32 Å². The highest BCUT2D eigenvalue weighted by molar-refractivity contribution is 6.01. The second-order valence-corrected chi connectivity index (χ2v) is 10.1. The fraction of sp³-hybridized carbons (Fsp3) is 0.609. The summed E-state index contributed by atoms with van der Waals surface area (Å²) in [5.74, 6) is 2.31. The molecule has 138 valence electrons. The number of allylic oxidation sites excluding steroid dienone is 1. The van der Waals surface area contributed by atoms with Gasteiger partial charge in [-0.1, -0.05) is 6.07 Å².